The van der Waals surface area contributed by atoms with Crippen LogP contribution >= 0.6 is 11.5 Å². The minimum Gasteiger partial charge on any atom is -0.220 e. The van der Waals surface area contributed by atoms with Gasteiger partial charge < -0.3 is 0 Å². The van der Waals surface area contributed by atoms with Crippen LogP contribution in [0.5, 0.6) is 0 Å². The third-order valence-corrected chi connectivity index (χ3v) is 2.18. The Bertz CT molecular complexity index is 368. The van der Waals surface area contributed by atoms with Crippen LogP contribution in [0.15, 0.2) is 30.3 Å². The van der Waals surface area contributed by atoms with E-state index in [-0.39, 0.29) is 0 Å². The smallest absolute Gasteiger partial charge is 0.173 e. The monoisotopic (exact) mass is 206 g/mol. The first-order valence-electron chi connectivity index (χ1n) is 4.72. The van der Waals surface area contributed by atoms with Crippen molar-refractivity contribution in [1.82, 2.24) is 9.36 Å². The minimum atomic E-state index is 0.832. The number of benzene rings is 1. The predicted molar refractivity (Wildman–Crippen MR) is 61.4 cm³/mol. The number of nitrogens with zero attached hydrogens (tertiary/aromatic N) is 2. The van der Waals surface area contributed by atoms with Gasteiger partial charge in [0.2, 0.25) is 0 Å². The zero-order chi connectivity index (χ0) is 10.4. The van der Waals surface area contributed by atoms with Crippen molar-refractivity contribution in [3.63, 3.8) is 0 Å². The standard InChI is InChI=1S/C9H8N2S.C2H6/c1-7-10-9(11-12-7)8-5-3-2-4-6-8;1-2/h2-6H,1H3;1-2H3. The maximum absolute atomic E-state index is 4.29. The van der Waals surface area contributed by atoms with Gasteiger partial charge in [0, 0.05) is 5.56 Å². The molecule has 0 spiro atoms. The van der Waals surface area contributed by atoms with Crippen molar-refractivity contribution in [2.75, 3.05) is 0 Å². The molecule has 0 aliphatic rings. The Morgan fingerprint density at radius 1 is 1.07 bits per heavy atom. The molecule has 0 bridgehead atoms. The van der Waals surface area contributed by atoms with Crippen LogP contribution in [0, 0.1) is 6.92 Å². The number of hydrogen-bond acceptors (Lipinski definition) is 3. The first kappa shape index (κ1) is 10.9. The van der Waals surface area contributed by atoms with Crippen LogP contribution in [0.25, 0.3) is 11.4 Å². The Balaban J connectivity index is 0.000000461. The van der Waals surface area contributed by atoms with Gasteiger partial charge in [0.1, 0.15) is 5.01 Å². The maximum atomic E-state index is 4.29. The SMILES string of the molecule is CC.Cc1nc(-c2ccccc2)ns1. The minimum absolute atomic E-state index is 0.832. The molecule has 2 rings (SSSR count). The van der Waals surface area contributed by atoms with E-state index in [1.807, 2.05) is 51.1 Å². The Morgan fingerprint density at radius 3 is 2.21 bits per heavy atom. The molecule has 0 aliphatic carbocycles. The summed E-state index contributed by atoms with van der Waals surface area (Å²) in [6, 6.07) is 10.0. The predicted octanol–water partition coefficient (Wildman–Crippen LogP) is 3.54. The highest BCUT2D eigenvalue weighted by atomic mass is 32.1. The van der Waals surface area contributed by atoms with Gasteiger partial charge in [-0.2, -0.15) is 4.37 Å². The summed E-state index contributed by atoms with van der Waals surface area (Å²) in [6.07, 6.45) is 0. The van der Waals surface area contributed by atoms with Gasteiger partial charge in [0.05, 0.1) is 0 Å². The molecule has 1 heterocycles. The molecule has 0 aliphatic heterocycles. The Labute approximate surface area is 88.8 Å². The van der Waals surface area contributed by atoms with Crippen molar-refractivity contribution >= 4 is 11.5 Å². The van der Waals surface area contributed by atoms with Crippen molar-refractivity contribution in [3.8, 4) is 11.4 Å². The summed E-state index contributed by atoms with van der Waals surface area (Å²) in [7, 11) is 0. The van der Waals surface area contributed by atoms with Gasteiger partial charge in [-0.1, -0.05) is 44.2 Å². The summed E-state index contributed by atoms with van der Waals surface area (Å²) in [4.78, 5) is 4.29. The van der Waals surface area contributed by atoms with Crippen molar-refractivity contribution in [3.05, 3.63) is 35.3 Å². The lowest BCUT2D eigenvalue weighted by Crippen LogP contribution is -1.78. The fourth-order valence-corrected chi connectivity index (χ4v) is 1.50. The zero-order valence-electron chi connectivity index (χ0n) is 8.69. The highest BCUT2D eigenvalue weighted by Gasteiger charge is 2.01. The quantitative estimate of drug-likeness (QED) is 0.713. The van der Waals surface area contributed by atoms with E-state index >= 15 is 0 Å². The maximum Gasteiger partial charge on any atom is 0.173 e. The molecule has 0 fully saturated rings. The van der Waals surface area contributed by atoms with Gasteiger partial charge in [-0.25, -0.2) is 4.98 Å². The van der Waals surface area contributed by atoms with Gasteiger partial charge in [0.25, 0.3) is 0 Å². The van der Waals surface area contributed by atoms with Crippen LogP contribution in [-0.4, -0.2) is 9.36 Å². The molecule has 14 heavy (non-hydrogen) atoms. The van der Waals surface area contributed by atoms with E-state index < -0.39 is 0 Å². The summed E-state index contributed by atoms with van der Waals surface area (Å²) >= 11 is 1.44. The average Bonchev–Trinajstić information content (AvgIpc) is 2.69. The molecule has 2 aromatic rings. The molecule has 0 atom stereocenters. The van der Waals surface area contributed by atoms with Crippen LogP contribution in [0.2, 0.25) is 0 Å². The third kappa shape index (κ3) is 2.64. The lowest BCUT2D eigenvalue weighted by atomic mass is 10.2. The second-order valence-electron chi connectivity index (χ2n) is 2.50. The lowest BCUT2D eigenvalue weighted by Gasteiger charge is -1.91. The summed E-state index contributed by atoms with van der Waals surface area (Å²) in [6.45, 7) is 5.96. The van der Waals surface area contributed by atoms with E-state index in [1.165, 1.54) is 11.5 Å². The Morgan fingerprint density at radius 2 is 1.71 bits per heavy atom. The van der Waals surface area contributed by atoms with Crippen molar-refractivity contribution < 1.29 is 0 Å². The van der Waals surface area contributed by atoms with Crippen molar-refractivity contribution in [1.29, 1.82) is 0 Å². The number of aryl methyl sites for hydroxylation is 1. The van der Waals surface area contributed by atoms with E-state index in [0.29, 0.717) is 0 Å². The van der Waals surface area contributed by atoms with E-state index in [4.69, 9.17) is 0 Å². The number of hydrogen-bond donors (Lipinski definition) is 0. The summed E-state index contributed by atoms with van der Waals surface area (Å²) in [5, 5.41) is 1.01. The first-order chi connectivity index (χ1) is 6.86. The molecule has 3 heteroatoms. The van der Waals surface area contributed by atoms with E-state index in [0.717, 1.165) is 16.4 Å². The summed E-state index contributed by atoms with van der Waals surface area (Å²) in [5.74, 6) is 0.832. The molecule has 0 saturated carbocycles. The van der Waals surface area contributed by atoms with Gasteiger partial charge in [-0.3, -0.25) is 0 Å². The molecular formula is C11H14N2S. The fraction of sp³-hybridized carbons (Fsp3) is 0.273. The van der Waals surface area contributed by atoms with Gasteiger partial charge >= 0.3 is 0 Å². The Hall–Kier alpha value is -1.22. The van der Waals surface area contributed by atoms with Crippen LogP contribution in [0.4, 0.5) is 0 Å². The van der Waals surface area contributed by atoms with Crippen molar-refractivity contribution in [2.24, 2.45) is 0 Å². The summed E-state index contributed by atoms with van der Waals surface area (Å²) in [5.41, 5.74) is 1.09. The second kappa shape index (κ2) is 5.50. The van der Waals surface area contributed by atoms with Gasteiger partial charge in [-0.15, -0.1) is 0 Å². The molecular weight excluding hydrogens is 192 g/mol. The van der Waals surface area contributed by atoms with E-state index in [9.17, 15) is 0 Å². The van der Waals surface area contributed by atoms with Gasteiger partial charge in [-0.05, 0) is 18.5 Å². The molecule has 2 nitrogen and oxygen atoms in total. The third-order valence-electron chi connectivity index (χ3n) is 1.56. The fourth-order valence-electron chi connectivity index (χ4n) is 1.00. The topological polar surface area (TPSA) is 25.8 Å². The largest absolute Gasteiger partial charge is 0.220 e. The first-order valence-corrected chi connectivity index (χ1v) is 5.49. The molecule has 74 valence electrons. The molecule has 1 aromatic heterocycles. The summed E-state index contributed by atoms with van der Waals surface area (Å²) < 4.78 is 4.22. The molecule has 0 saturated heterocycles. The van der Waals surface area contributed by atoms with E-state index in [1.54, 1.807) is 0 Å². The molecule has 1 aromatic carbocycles. The number of rotatable bonds is 1. The highest BCUT2D eigenvalue weighted by molar-refractivity contribution is 7.05. The van der Waals surface area contributed by atoms with Gasteiger partial charge in [0.15, 0.2) is 5.82 Å². The number of aromatic nitrogens is 2. The average molecular weight is 206 g/mol. The van der Waals surface area contributed by atoms with Crippen LogP contribution in [-0.2, 0) is 0 Å². The zero-order valence-corrected chi connectivity index (χ0v) is 9.51. The Kier molecular flexibility index (Phi) is 4.26. The molecule has 0 amide bonds. The lowest BCUT2D eigenvalue weighted by molar-refractivity contribution is 1.26. The highest BCUT2D eigenvalue weighted by Crippen LogP contribution is 2.16. The van der Waals surface area contributed by atoms with Crippen molar-refractivity contribution in [2.45, 2.75) is 20.8 Å². The van der Waals surface area contributed by atoms with Crippen LogP contribution < -0.4 is 0 Å². The molecule has 0 unspecified atom stereocenters. The van der Waals surface area contributed by atoms with Crippen LogP contribution in [0.1, 0.15) is 18.9 Å². The molecule has 0 radical (unpaired) electrons. The van der Waals surface area contributed by atoms with Crippen LogP contribution in [0.3, 0.4) is 0 Å². The normalized spacial score (nSPS) is 9.07. The molecule has 0 N–H and O–H groups in total. The second-order valence-corrected chi connectivity index (χ2v) is 3.46. The van der Waals surface area contributed by atoms with E-state index in [2.05, 4.69) is 9.36 Å².